The van der Waals surface area contributed by atoms with Gasteiger partial charge in [0.05, 0.1) is 22.3 Å². The van der Waals surface area contributed by atoms with Gasteiger partial charge in [-0.15, -0.1) is 0 Å². The third-order valence-electron chi connectivity index (χ3n) is 2.69. The lowest BCUT2D eigenvalue weighted by Gasteiger charge is -2.19. The SMILES string of the molecule is FC(F)(CNc1c(Cl)cc(Br)cc1Cl)c1ccccc1. The number of rotatable bonds is 4. The number of nitrogens with one attached hydrogen (secondary N) is 1. The van der Waals surface area contributed by atoms with Crippen molar-refractivity contribution in [3.8, 4) is 0 Å². The summed E-state index contributed by atoms with van der Waals surface area (Å²) in [6.45, 7) is -0.585. The van der Waals surface area contributed by atoms with Crippen molar-refractivity contribution in [1.29, 1.82) is 0 Å². The molecule has 2 aromatic carbocycles. The van der Waals surface area contributed by atoms with Crippen molar-refractivity contribution in [2.75, 3.05) is 11.9 Å². The topological polar surface area (TPSA) is 12.0 Å². The first-order valence-corrected chi connectivity index (χ1v) is 7.27. The standard InChI is InChI=1S/C14H10BrCl2F2N/c15-10-6-11(16)13(12(17)7-10)20-8-14(18,19)9-4-2-1-3-5-9/h1-7,20H,8H2. The highest BCUT2D eigenvalue weighted by Gasteiger charge is 2.31. The van der Waals surface area contributed by atoms with E-state index in [-0.39, 0.29) is 15.6 Å². The molecule has 0 radical (unpaired) electrons. The highest BCUT2D eigenvalue weighted by atomic mass is 79.9. The molecule has 1 N–H and O–H groups in total. The zero-order valence-electron chi connectivity index (χ0n) is 10.1. The molecule has 0 aliphatic carbocycles. The van der Waals surface area contributed by atoms with Crippen LogP contribution in [-0.4, -0.2) is 6.54 Å². The van der Waals surface area contributed by atoms with Crippen LogP contribution in [0.25, 0.3) is 0 Å². The van der Waals surface area contributed by atoms with Crippen LogP contribution in [0.1, 0.15) is 5.56 Å². The lowest BCUT2D eigenvalue weighted by molar-refractivity contribution is 0.0106. The first kappa shape index (κ1) is 15.5. The Kier molecular flexibility index (Phi) is 4.89. The Morgan fingerprint density at radius 2 is 1.60 bits per heavy atom. The Morgan fingerprint density at radius 1 is 1.05 bits per heavy atom. The molecule has 0 spiro atoms. The first-order valence-electron chi connectivity index (χ1n) is 5.72. The Hall–Kier alpha value is -0.840. The molecule has 2 aromatic rings. The maximum Gasteiger partial charge on any atom is 0.290 e. The van der Waals surface area contributed by atoms with Crippen molar-refractivity contribution in [2.45, 2.75) is 5.92 Å². The second kappa shape index (κ2) is 6.29. The molecule has 0 aliphatic heterocycles. The van der Waals surface area contributed by atoms with Gasteiger partial charge in [-0.2, -0.15) is 8.78 Å². The van der Waals surface area contributed by atoms with E-state index in [9.17, 15) is 8.78 Å². The summed E-state index contributed by atoms with van der Waals surface area (Å²) in [4.78, 5) is 0. The van der Waals surface area contributed by atoms with Gasteiger partial charge in [0.25, 0.3) is 5.92 Å². The lowest BCUT2D eigenvalue weighted by atomic mass is 10.1. The number of anilines is 1. The van der Waals surface area contributed by atoms with E-state index in [1.807, 2.05) is 0 Å². The number of halogens is 5. The van der Waals surface area contributed by atoms with Gasteiger partial charge >= 0.3 is 0 Å². The molecule has 0 unspecified atom stereocenters. The monoisotopic (exact) mass is 379 g/mol. The lowest BCUT2D eigenvalue weighted by Crippen LogP contribution is -2.24. The minimum atomic E-state index is -3.01. The first-order chi connectivity index (χ1) is 9.40. The number of alkyl halides is 2. The minimum absolute atomic E-state index is 0.0585. The van der Waals surface area contributed by atoms with E-state index >= 15 is 0 Å². The summed E-state index contributed by atoms with van der Waals surface area (Å²) in [5.74, 6) is -3.01. The zero-order chi connectivity index (χ0) is 14.8. The van der Waals surface area contributed by atoms with Crippen LogP contribution in [0.4, 0.5) is 14.5 Å². The van der Waals surface area contributed by atoms with Crippen LogP contribution < -0.4 is 5.32 Å². The smallest absolute Gasteiger partial charge is 0.290 e. The molecular formula is C14H10BrCl2F2N. The van der Waals surface area contributed by atoms with Crippen LogP contribution >= 0.6 is 39.1 Å². The minimum Gasteiger partial charge on any atom is -0.376 e. The fourth-order valence-electron chi connectivity index (χ4n) is 1.69. The van der Waals surface area contributed by atoms with E-state index in [2.05, 4.69) is 21.2 Å². The van der Waals surface area contributed by atoms with E-state index in [1.165, 1.54) is 12.1 Å². The van der Waals surface area contributed by atoms with Gasteiger partial charge in [-0.25, -0.2) is 0 Å². The molecule has 0 atom stereocenters. The van der Waals surface area contributed by atoms with Crippen molar-refractivity contribution in [2.24, 2.45) is 0 Å². The van der Waals surface area contributed by atoms with Crippen molar-refractivity contribution in [3.63, 3.8) is 0 Å². The Morgan fingerprint density at radius 3 is 2.15 bits per heavy atom. The average molecular weight is 381 g/mol. The third kappa shape index (κ3) is 3.62. The summed E-state index contributed by atoms with van der Waals surface area (Å²) in [7, 11) is 0. The quantitative estimate of drug-likeness (QED) is 0.689. The highest BCUT2D eigenvalue weighted by molar-refractivity contribution is 9.10. The molecule has 0 amide bonds. The van der Waals surface area contributed by atoms with Crippen molar-refractivity contribution >= 4 is 44.8 Å². The maximum absolute atomic E-state index is 14.0. The molecule has 6 heteroatoms. The van der Waals surface area contributed by atoms with E-state index in [4.69, 9.17) is 23.2 Å². The van der Waals surface area contributed by atoms with Crippen molar-refractivity contribution in [3.05, 3.63) is 62.5 Å². The fraction of sp³-hybridized carbons (Fsp3) is 0.143. The normalized spacial score (nSPS) is 11.4. The maximum atomic E-state index is 14.0. The molecule has 0 aromatic heterocycles. The predicted octanol–water partition coefficient (Wildman–Crippen LogP) is 5.96. The molecular weight excluding hydrogens is 371 g/mol. The summed E-state index contributed by atoms with van der Waals surface area (Å²) in [5, 5.41) is 3.18. The highest BCUT2D eigenvalue weighted by Crippen LogP contribution is 2.35. The third-order valence-corrected chi connectivity index (χ3v) is 3.74. The van der Waals surface area contributed by atoms with Gasteiger partial charge in [0.15, 0.2) is 0 Å². The Balaban J connectivity index is 2.17. The molecule has 0 aliphatic rings. The largest absolute Gasteiger partial charge is 0.376 e. The van der Waals surface area contributed by atoms with Crippen molar-refractivity contribution in [1.82, 2.24) is 0 Å². The molecule has 0 saturated carbocycles. The molecule has 0 fully saturated rings. The summed E-state index contributed by atoms with van der Waals surface area (Å²) >= 11 is 15.2. The molecule has 0 bridgehead atoms. The molecule has 106 valence electrons. The summed E-state index contributed by atoms with van der Waals surface area (Å²) in [6, 6.07) is 10.8. The Bertz CT molecular complexity index is 582. The fourth-order valence-corrected chi connectivity index (χ4v) is 3.04. The van der Waals surface area contributed by atoms with Gasteiger partial charge in [0.2, 0.25) is 0 Å². The van der Waals surface area contributed by atoms with Crippen LogP contribution in [0.15, 0.2) is 46.9 Å². The van der Waals surface area contributed by atoms with Gasteiger partial charge in [-0.3, -0.25) is 0 Å². The number of hydrogen-bond donors (Lipinski definition) is 1. The average Bonchev–Trinajstić information content (AvgIpc) is 2.38. The Labute approximate surface area is 134 Å². The van der Waals surface area contributed by atoms with Gasteiger partial charge in [0.1, 0.15) is 0 Å². The molecule has 20 heavy (non-hydrogen) atoms. The second-order valence-electron chi connectivity index (χ2n) is 4.17. The van der Waals surface area contributed by atoms with E-state index < -0.39 is 12.5 Å². The van der Waals surface area contributed by atoms with Gasteiger partial charge in [-0.05, 0) is 12.1 Å². The number of benzene rings is 2. The summed E-state index contributed by atoms with van der Waals surface area (Å²) in [6.07, 6.45) is 0. The number of hydrogen-bond acceptors (Lipinski definition) is 1. The van der Waals surface area contributed by atoms with Gasteiger partial charge in [0, 0.05) is 10.0 Å². The molecule has 0 heterocycles. The van der Waals surface area contributed by atoms with Crippen LogP contribution in [0.2, 0.25) is 10.0 Å². The van der Waals surface area contributed by atoms with Crippen LogP contribution in [0, 0.1) is 0 Å². The summed E-state index contributed by atoms with van der Waals surface area (Å²) < 4.78 is 28.7. The van der Waals surface area contributed by atoms with E-state index in [0.717, 1.165) is 0 Å². The van der Waals surface area contributed by atoms with Gasteiger partial charge in [-0.1, -0.05) is 69.5 Å². The molecule has 1 nitrogen and oxygen atoms in total. The zero-order valence-corrected chi connectivity index (χ0v) is 13.2. The van der Waals surface area contributed by atoms with E-state index in [0.29, 0.717) is 10.2 Å². The summed E-state index contributed by atoms with van der Waals surface area (Å²) in [5.41, 5.74) is 0.240. The van der Waals surface area contributed by atoms with E-state index in [1.54, 1.807) is 30.3 Å². The van der Waals surface area contributed by atoms with Crippen molar-refractivity contribution < 1.29 is 8.78 Å². The molecule has 0 saturated heterocycles. The second-order valence-corrected chi connectivity index (χ2v) is 5.90. The van der Waals surface area contributed by atoms with Gasteiger partial charge < -0.3 is 5.32 Å². The predicted molar refractivity (Wildman–Crippen MR) is 83.0 cm³/mol. The molecule has 2 rings (SSSR count). The van der Waals surface area contributed by atoms with Crippen LogP contribution in [-0.2, 0) is 5.92 Å². The van der Waals surface area contributed by atoms with Crippen LogP contribution in [0.5, 0.6) is 0 Å². The van der Waals surface area contributed by atoms with Crippen LogP contribution in [0.3, 0.4) is 0 Å².